The molecule has 5 nitrogen and oxygen atoms in total. The molecule has 1 atom stereocenters. The van der Waals surface area contributed by atoms with Gasteiger partial charge in [0.05, 0.1) is 28.6 Å². The summed E-state index contributed by atoms with van der Waals surface area (Å²) in [5, 5.41) is 9.94. The zero-order valence-electron chi connectivity index (χ0n) is 10.1. The molecular weight excluding hydrogens is 256 g/mol. The third-order valence-corrected chi connectivity index (χ3v) is 3.09. The molecular formula is C12H13ClN2O3. The third-order valence-electron chi connectivity index (χ3n) is 2.78. The minimum absolute atomic E-state index is 0.0489. The van der Waals surface area contributed by atoms with Crippen molar-refractivity contribution < 1.29 is 5.11 Å². The van der Waals surface area contributed by atoms with Crippen LogP contribution in [0.15, 0.2) is 27.8 Å². The molecule has 2 aromatic rings. The van der Waals surface area contributed by atoms with Gasteiger partial charge in [0.2, 0.25) is 0 Å². The quantitative estimate of drug-likeness (QED) is 0.874. The summed E-state index contributed by atoms with van der Waals surface area (Å²) in [5.41, 5.74) is -0.449. The fourth-order valence-corrected chi connectivity index (χ4v) is 2.19. The number of halogens is 1. The van der Waals surface area contributed by atoms with E-state index < -0.39 is 17.4 Å². The number of hydrogen-bond donors (Lipinski definition) is 1. The molecule has 0 amide bonds. The van der Waals surface area contributed by atoms with Gasteiger partial charge in [-0.3, -0.25) is 13.9 Å². The predicted molar refractivity (Wildman–Crippen MR) is 70.1 cm³/mol. The standard InChI is InChI=1S/C12H13ClN2O3/c1-7(16)6-15-11(17)10-8(13)4-3-5-9(10)14(2)12(15)18/h3-5,7,16H,6H2,1-2H3. The summed E-state index contributed by atoms with van der Waals surface area (Å²) in [6.45, 7) is 1.47. The number of aryl methyl sites for hydroxylation is 1. The normalized spacial score (nSPS) is 12.9. The highest BCUT2D eigenvalue weighted by atomic mass is 35.5. The monoisotopic (exact) mass is 268 g/mol. The first-order valence-electron chi connectivity index (χ1n) is 5.49. The molecule has 1 N–H and O–H groups in total. The second-order valence-electron chi connectivity index (χ2n) is 4.24. The first kappa shape index (κ1) is 12.9. The average molecular weight is 269 g/mol. The van der Waals surface area contributed by atoms with Crippen LogP contribution in [0.5, 0.6) is 0 Å². The van der Waals surface area contributed by atoms with E-state index >= 15 is 0 Å². The van der Waals surface area contributed by atoms with Crippen LogP contribution >= 0.6 is 11.6 Å². The molecule has 0 aliphatic rings. The molecule has 0 fully saturated rings. The second-order valence-corrected chi connectivity index (χ2v) is 4.65. The van der Waals surface area contributed by atoms with E-state index in [1.54, 1.807) is 25.2 Å². The number of aromatic nitrogens is 2. The topological polar surface area (TPSA) is 64.2 Å². The van der Waals surface area contributed by atoms with E-state index in [-0.39, 0.29) is 6.54 Å². The van der Waals surface area contributed by atoms with E-state index in [1.165, 1.54) is 11.5 Å². The maximum absolute atomic E-state index is 12.2. The minimum Gasteiger partial charge on any atom is -0.392 e. The summed E-state index contributed by atoms with van der Waals surface area (Å²) in [7, 11) is 1.57. The Morgan fingerprint density at radius 3 is 2.67 bits per heavy atom. The summed E-state index contributed by atoms with van der Waals surface area (Å²) in [6.07, 6.45) is -0.782. The van der Waals surface area contributed by atoms with Crippen molar-refractivity contribution in [3.05, 3.63) is 44.1 Å². The average Bonchev–Trinajstić information content (AvgIpc) is 2.31. The highest BCUT2D eigenvalue weighted by Gasteiger charge is 2.14. The molecule has 0 saturated carbocycles. The Bertz CT molecular complexity index is 716. The van der Waals surface area contributed by atoms with Crippen LogP contribution in [0.1, 0.15) is 6.92 Å². The smallest absolute Gasteiger partial charge is 0.331 e. The van der Waals surface area contributed by atoms with Crippen LogP contribution in [0.2, 0.25) is 5.02 Å². The van der Waals surface area contributed by atoms with Gasteiger partial charge in [0, 0.05) is 7.05 Å². The summed E-state index contributed by atoms with van der Waals surface area (Å²) in [5.74, 6) is 0. The van der Waals surface area contributed by atoms with E-state index in [1.807, 2.05) is 0 Å². The van der Waals surface area contributed by atoms with Crippen molar-refractivity contribution in [2.24, 2.45) is 7.05 Å². The summed E-state index contributed by atoms with van der Waals surface area (Å²) in [4.78, 5) is 24.2. The van der Waals surface area contributed by atoms with Crippen molar-refractivity contribution in [1.82, 2.24) is 9.13 Å². The van der Waals surface area contributed by atoms with Crippen molar-refractivity contribution in [3.63, 3.8) is 0 Å². The van der Waals surface area contributed by atoms with Gasteiger partial charge in [0.25, 0.3) is 5.56 Å². The molecule has 0 spiro atoms. The lowest BCUT2D eigenvalue weighted by molar-refractivity contribution is 0.170. The van der Waals surface area contributed by atoms with Crippen LogP contribution in [0.3, 0.4) is 0 Å². The molecule has 1 unspecified atom stereocenters. The molecule has 0 aliphatic heterocycles. The molecule has 96 valence electrons. The van der Waals surface area contributed by atoms with Crippen LogP contribution in [-0.2, 0) is 13.6 Å². The summed E-state index contributed by atoms with van der Waals surface area (Å²) >= 11 is 6.00. The van der Waals surface area contributed by atoms with E-state index in [4.69, 9.17) is 11.6 Å². The van der Waals surface area contributed by atoms with Gasteiger partial charge in [-0.1, -0.05) is 17.7 Å². The van der Waals surface area contributed by atoms with Gasteiger partial charge in [0.1, 0.15) is 0 Å². The fraction of sp³-hybridized carbons (Fsp3) is 0.333. The number of benzene rings is 1. The lowest BCUT2D eigenvalue weighted by atomic mass is 10.2. The van der Waals surface area contributed by atoms with Crippen LogP contribution in [-0.4, -0.2) is 20.3 Å². The number of rotatable bonds is 2. The van der Waals surface area contributed by atoms with Crippen LogP contribution in [0.4, 0.5) is 0 Å². The molecule has 0 aliphatic carbocycles. The second kappa shape index (κ2) is 4.59. The molecule has 0 radical (unpaired) electrons. The Morgan fingerprint density at radius 1 is 1.39 bits per heavy atom. The number of fused-ring (bicyclic) bond motifs is 1. The van der Waals surface area contributed by atoms with E-state index in [0.717, 1.165) is 4.57 Å². The number of aliphatic hydroxyl groups excluding tert-OH is 1. The van der Waals surface area contributed by atoms with Gasteiger partial charge in [-0.2, -0.15) is 0 Å². The zero-order valence-corrected chi connectivity index (χ0v) is 10.8. The molecule has 6 heteroatoms. The van der Waals surface area contributed by atoms with Gasteiger partial charge in [-0.05, 0) is 19.1 Å². The van der Waals surface area contributed by atoms with Crippen molar-refractivity contribution in [2.45, 2.75) is 19.6 Å². The molecule has 2 rings (SSSR count). The summed E-state index contributed by atoms with van der Waals surface area (Å²) in [6, 6.07) is 4.95. The highest BCUT2D eigenvalue weighted by Crippen LogP contribution is 2.18. The zero-order chi connectivity index (χ0) is 13.4. The van der Waals surface area contributed by atoms with Crippen LogP contribution < -0.4 is 11.2 Å². The number of nitrogens with zero attached hydrogens (tertiary/aromatic N) is 2. The molecule has 0 bridgehead atoms. The lowest BCUT2D eigenvalue weighted by Gasteiger charge is -2.12. The SMILES string of the molecule is CC(O)Cn1c(=O)c2c(Cl)cccc2n(C)c1=O. The van der Waals surface area contributed by atoms with Crippen molar-refractivity contribution in [1.29, 1.82) is 0 Å². The maximum Gasteiger partial charge on any atom is 0.331 e. The number of aliphatic hydroxyl groups is 1. The van der Waals surface area contributed by atoms with Crippen molar-refractivity contribution >= 4 is 22.5 Å². The lowest BCUT2D eigenvalue weighted by Crippen LogP contribution is -2.41. The minimum atomic E-state index is -0.782. The molecule has 18 heavy (non-hydrogen) atoms. The van der Waals surface area contributed by atoms with Crippen molar-refractivity contribution in [2.75, 3.05) is 0 Å². The Kier molecular flexibility index (Phi) is 3.28. The Labute approximate surface area is 108 Å². The predicted octanol–water partition coefficient (Wildman–Crippen LogP) is 0.734. The van der Waals surface area contributed by atoms with Crippen LogP contribution in [0, 0.1) is 0 Å². The summed E-state index contributed by atoms with van der Waals surface area (Å²) < 4.78 is 2.35. The molecule has 1 aromatic carbocycles. The molecule has 1 heterocycles. The maximum atomic E-state index is 12.2. The fourth-order valence-electron chi connectivity index (χ4n) is 1.94. The van der Waals surface area contributed by atoms with Gasteiger partial charge in [0.15, 0.2) is 0 Å². The van der Waals surface area contributed by atoms with Gasteiger partial charge in [-0.15, -0.1) is 0 Å². The molecule has 0 saturated heterocycles. The Hall–Kier alpha value is -1.59. The van der Waals surface area contributed by atoms with E-state index in [9.17, 15) is 14.7 Å². The first-order valence-corrected chi connectivity index (χ1v) is 5.87. The Morgan fingerprint density at radius 2 is 2.06 bits per heavy atom. The largest absolute Gasteiger partial charge is 0.392 e. The van der Waals surface area contributed by atoms with Gasteiger partial charge in [-0.25, -0.2) is 4.79 Å². The van der Waals surface area contributed by atoms with E-state index in [0.29, 0.717) is 15.9 Å². The first-order chi connectivity index (χ1) is 8.43. The van der Waals surface area contributed by atoms with Gasteiger partial charge < -0.3 is 5.11 Å². The highest BCUT2D eigenvalue weighted by molar-refractivity contribution is 6.35. The Balaban J connectivity index is 2.94. The third kappa shape index (κ3) is 1.95. The van der Waals surface area contributed by atoms with Crippen LogP contribution in [0.25, 0.3) is 10.9 Å². The van der Waals surface area contributed by atoms with E-state index in [2.05, 4.69) is 0 Å². The number of hydrogen-bond acceptors (Lipinski definition) is 3. The molecule has 1 aromatic heterocycles. The van der Waals surface area contributed by atoms with Gasteiger partial charge >= 0.3 is 5.69 Å². The van der Waals surface area contributed by atoms with Crippen molar-refractivity contribution in [3.8, 4) is 0 Å².